The van der Waals surface area contributed by atoms with Gasteiger partial charge in [-0.05, 0) is 24.6 Å². The molecule has 4 heteroatoms. The number of ether oxygens (including phenoxy) is 2. The molecule has 0 radical (unpaired) electrons. The standard InChI is InChI=1S/C13H16N2O2/c1-8-10(7-14)4-9-5-12(16-2)13(17-3)6-11(9)15-8/h4-6H,7,14H2,1-3H3. The van der Waals surface area contributed by atoms with Gasteiger partial charge in [-0.3, -0.25) is 4.98 Å². The minimum absolute atomic E-state index is 0.489. The molecule has 0 bridgehead atoms. The average molecular weight is 232 g/mol. The molecule has 17 heavy (non-hydrogen) atoms. The minimum Gasteiger partial charge on any atom is -0.493 e. The molecule has 2 N–H and O–H groups in total. The van der Waals surface area contributed by atoms with Gasteiger partial charge >= 0.3 is 0 Å². The molecule has 0 atom stereocenters. The van der Waals surface area contributed by atoms with Gasteiger partial charge in [0, 0.05) is 23.7 Å². The molecular formula is C13H16N2O2. The summed E-state index contributed by atoms with van der Waals surface area (Å²) in [6.07, 6.45) is 0. The van der Waals surface area contributed by atoms with Crippen LogP contribution in [0.2, 0.25) is 0 Å². The van der Waals surface area contributed by atoms with E-state index in [0.717, 1.165) is 22.2 Å². The molecule has 1 aromatic heterocycles. The van der Waals surface area contributed by atoms with Crippen LogP contribution >= 0.6 is 0 Å². The number of nitrogens with zero attached hydrogens (tertiary/aromatic N) is 1. The Balaban J connectivity index is 2.70. The summed E-state index contributed by atoms with van der Waals surface area (Å²) in [6.45, 7) is 2.45. The summed E-state index contributed by atoms with van der Waals surface area (Å²) in [7, 11) is 3.24. The molecule has 0 saturated heterocycles. The lowest BCUT2D eigenvalue weighted by Gasteiger charge is -2.10. The van der Waals surface area contributed by atoms with Crippen LogP contribution in [0.1, 0.15) is 11.3 Å². The molecule has 0 spiro atoms. The number of aromatic nitrogens is 1. The Kier molecular flexibility index (Phi) is 3.15. The summed E-state index contributed by atoms with van der Waals surface area (Å²) in [5.74, 6) is 1.39. The third kappa shape index (κ3) is 2.03. The number of nitrogens with two attached hydrogens (primary N) is 1. The van der Waals surface area contributed by atoms with Gasteiger partial charge in [-0.25, -0.2) is 0 Å². The van der Waals surface area contributed by atoms with Crippen LogP contribution in [-0.2, 0) is 6.54 Å². The Bertz CT molecular complexity index is 553. The summed E-state index contributed by atoms with van der Waals surface area (Å²) in [4.78, 5) is 4.51. The molecule has 2 rings (SSSR count). The number of methoxy groups -OCH3 is 2. The first kappa shape index (κ1) is 11.7. The Hall–Kier alpha value is -1.81. The van der Waals surface area contributed by atoms with E-state index < -0.39 is 0 Å². The van der Waals surface area contributed by atoms with Crippen molar-refractivity contribution in [3.05, 3.63) is 29.5 Å². The zero-order valence-electron chi connectivity index (χ0n) is 10.3. The van der Waals surface area contributed by atoms with Crippen LogP contribution < -0.4 is 15.2 Å². The third-order valence-corrected chi connectivity index (χ3v) is 2.84. The summed E-state index contributed by atoms with van der Waals surface area (Å²) in [6, 6.07) is 5.83. The van der Waals surface area contributed by atoms with Crippen LogP contribution in [0.25, 0.3) is 10.9 Å². The van der Waals surface area contributed by atoms with Gasteiger partial charge in [-0.15, -0.1) is 0 Å². The highest BCUT2D eigenvalue weighted by Gasteiger charge is 2.08. The zero-order valence-corrected chi connectivity index (χ0v) is 10.3. The van der Waals surface area contributed by atoms with E-state index in [1.165, 1.54) is 0 Å². The lowest BCUT2D eigenvalue weighted by Crippen LogP contribution is -2.01. The minimum atomic E-state index is 0.489. The van der Waals surface area contributed by atoms with E-state index >= 15 is 0 Å². The van der Waals surface area contributed by atoms with Crippen LogP contribution in [-0.4, -0.2) is 19.2 Å². The van der Waals surface area contributed by atoms with Crippen LogP contribution in [0, 0.1) is 6.92 Å². The van der Waals surface area contributed by atoms with Crippen molar-refractivity contribution < 1.29 is 9.47 Å². The number of pyridine rings is 1. The predicted octanol–water partition coefficient (Wildman–Crippen LogP) is 2.02. The number of rotatable bonds is 3. The lowest BCUT2D eigenvalue weighted by molar-refractivity contribution is 0.356. The van der Waals surface area contributed by atoms with Crippen molar-refractivity contribution in [1.82, 2.24) is 4.98 Å². The number of hydrogen-bond donors (Lipinski definition) is 1. The van der Waals surface area contributed by atoms with E-state index in [2.05, 4.69) is 4.98 Å². The summed E-state index contributed by atoms with van der Waals surface area (Å²) < 4.78 is 10.5. The smallest absolute Gasteiger partial charge is 0.162 e. The molecule has 0 aliphatic rings. The first-order valence-corrected chi connectivity index (χ1v) is 5.42. The van der Waals surface area contributed by atoms with Gasteiger partial charge in [0.25, 0.3) is 0 Å². The van der Waals surface area contributed by atoms with Crippen molar-refractivity contribution in [2.75, 3.05) is 14.2 Å². The van der Waals surface area contributed by atoms with E-state index in [1.807, 2.05) is 25.1 Å². The number of benzene rings is 1. The van der Waals surface area contributed by atoms with Crippen molar-refractivity contribution in [2.24, 2.45) is 5.73 Å². The summed E-state index contributed by atoms with van der Waals surface area (Å²) in [5, 5.41) is 1.01. The van der Waals surface area contributed by atoms with Gasteiger partial charge in [0.05, 0.1) is 19.7 Å². The molecule has 0 unspecified atom stereocenters. The fraction of sp³-hybridized carbons (Fsp3) is 0.308. The highest BCUT2D eigenvalue weighted by atomic mass is 16.5. The van der Waals surface area contributed by atoms with Gasteiger partial charge in [-0.2, -0.15) is 0 Å². The first-order valence-electron chi connectivity index (χ1n) is 5.42. The quantitative estimate of drug-likeness (QED) is 0.879. The normalized spacial score (nSPS) is 10.6. The fourth-order valence-corrected chi connectivity index (χ4v) is 1.85. The SMILES string of the molecule is COc1cc2cc(CN)c(C)nc2cc1OC. The number of hydrogen-bond acceptors (Lipinski definition) is 4. The lowest BCUT2D eigenvalue weighted by atomic mass is 10.1. The maximum absolute atomic E-state index is 5.67. The maximum Gasteiger partial charge on any atom is 0.162 e. The Morgan fingerprint density at radius 3 is 2.35 bits per heavy atom. The van der Waals surface area contributed by atoms with Gasteiger partial charge in [0.2, 0.25) is 0 Å². The molecular weight excluding hydrogens is 216 g/mol. The molecule has 2 aromatic rings. The fourth-order valence-electron chi connectivity index (χ4n) is 1.85. The monoisotopic (exact) mass is 232 g/mol. The largest absolute Gasteiger partial charge is 0.493 e. The molecule has 0 aliphatic carbocycles. The molecule has 90 valence electrons. The van der Waals surface area contributed by atoms with Gasteiger partial charge in [-0.1, -0.05) is 0 Å². The van der Waals surface area contributed by atoms with Gasteiger partial charge in [0.1, 0.15) is 0 Å². The van der Waals surface area contributed by atoms with E-state index in [0.29, 0.717) is 18.0 Å². The summed E-state index contributed by atoms with van der Waals surface area (Å²) >= 11 is 0. The van der Waals surface area contributed by atoms with E-state index in [4.69, 9.17) is 15.2 Å². The van der Waals surface area contributed by atoms with Crippen molar-refractivity contribution in [1.29, 1.82) is 0 Å². The van der Waals surface area contributed by atoms with E-state index in [1.54, 1.807) is 14.2 Å². The van der Waals surface area contributed by atoms with Gasteiger partial charge in [0.15, 0.2) is 11.5 Å². The van der Waals surface area contributed by atoms with E-state index in [9.17, 15) is 0 Å². The maximum atomic E-state index is 5.67. The molecule has 1 heterocycles. The predicted molar refractivity (Wildman–Crippen MR) is 67.5 cm³/mol. The third-order valence-electron chi connectivity index (χ3n) is 2.84. The molecule has 0 aliphatic heterocycles. The second-order valence-corrected chi connectivity index (χ2v) is 3.84. The molecule has 0 fully saturated rings. The van der Waals surface area contributed by atoms with Crippen LogP contribution in [0.15, 0.2) is 18.2 Å². The van der Waals surface area contributed by atoms with Crippen molar-refractivity contribution in [3.63, 3.8) is 0 Å². The molecule has 0 amide bonds. The van der Waals surface area contributed by atoms with Crippen LogP contribution in [0.4, 0.5) is 0 Å². The number of fused-ring (bicyclic) bond motifs is 1. The Morgan fingerprint density at radius 2 is 1.76 bits per heavy atom. The average Bonchev–Trinajstić information content (AvgIpc) is 2.36. The topological polar surface area (TPSA) is 57.4 Å². The van der Waals surface area contributed by atoms with Crippen molar-refractivity contribution in [3.8, 4) is 11.5 Å². The second kappa shape index (κ2) is 4.59. The highest BCUT2D eigenvalue weighted by Crippen LogP contribution is 2.31. The molecule has 4 nitrogen and oxygen atoms in total. The van der Waals surface area contributed by atoms with Crippen molar-refractivity contribution >= 4 is 10.9 Å². The molecule has 1 aromatic carbocycles. The summed E-state index contributed by atoms with van der Waals surface area (Å²) in [5.41, 5.74) is 8.56. The first-order chi connectivity index (χ1) is 8.19. The van der Waals surface area contributed by atoms with Gasteiger partial charge < -0.3 is 15.2 Å². The Labute approximate surface area is 100 Å². The van der Waals surface area contributed by atoms with Crippen molar-refractivity contribution in [2.45, 2.75) is 13.5 Å². The zero-order chi connectivity index (χ0) is 12.4. The second-order valence-electron chi connectivity index (χ2n) is 3.84. The van der Waals surface area contributed by atoms with Crippen LogP contribution in [0.5, 0.6) is 11.5 Å². The van der Waals surface area contributed by atoms with Crippen LogP contribution in [0.3, 0.4) is 0 Å². The number of aryl methyl sites for hydroxylation is 1. The Morgan fingerprint density at radius 1 is 1.12 bits per heavy atom. The highest BCUT2D eigenvalue weighted by molar-refractivity contribution is 5.83. The van der Waals surface area contributed by atoms with E-state index in [-0.39, 0.29) is 0 Å². The molecule has 0 saturated carbocycles.